The lowest BCUT2D eigenvalue weighted by Gasteiger charge is -2.14. The second-order valence-corrected chi connectivity index (χ2v) is 3.73. The fourth-order valence-electron chi connectivity index (χ4n) is 1.88. The van der Waals surface area contributed by atoms with Crippen LogP contribution in [0.3, 0.4) is 0 Å². The van der Waals surface area contributed by atoms with Crippen molar-refractivity contribution < 1.29 is 19.5 Å². The molecule has 1 aliphatic rings. The summed E-state index contributed by atoms with van der Waals surface area (Å²) in [5.41, 5.74) is -0.187. The van der Waals surface area contributed by atoms with Crippen molar-refractivity contribution in [3.05, 3.63) is 34.8 Å². The molecule has 0 spiro atoms. The minimum Gasteiger partial charge on any atom is -0.478 e. The van der Waals surface area contributed by atoms with E-state index >= 15 is 0 Å². The lowest BCUT2D eigenvalue weighted by atomic mass is 9.90. The molecule has 1 amide bonds. The fraction of sp³-hybridized carbons (Fsp3) is 0.167. The number of Topliss-reactive ketones (excluding diaryl/α,β-unsaturated/α-hetero) is 1. The van der Waals surface area contributed by atoms with Crippen LogP contribution in [0.4, 0.5) is 0 Å². The molecule has 0 radical (unpaired) electrons. The van der Waals surface area contributed by atoms with E-state index in [1.165, 1.54) is 6.92 Å². The fourth-order valence-corrected chi connectivity index (χ4v) is 1.88. The van der Waals surface area contributed by atoms with Gasteiger partial charge < -0.3 is 5.11 Å². The van der Waals surface area contributed by atoms with E-state index in [1.54, 1.807) is 24.3 Å². The molecular formula is C12H9NO4. The molecule has 5 nitrogen and oxygen atoms in total. The first kappa shape index (κ1) is 11.2. The molecule has 86 valence electrons. The Morgan fingerprint density at radius 2 is 1.94 bits per heavy atom. The number of benzene rings is 1. The second-order valence-electron chi connectivity index (χ2n) is 3.73. The van der Waals surface area contributed by atoms with E-state index in [0.717, 1.165) is 0 Å². The standard InChI is InChI=1S/C12H9NO4/c1-6(14)9-10(12(16)17)7-4-2-3-5-8(7)13-11(9)15/h2-5,9H,1H3,(H,16,17). The number of rotatable bonds is 2. The van der Waals surface area contributed by atoms with Crippen LogP contribution in [0.2, 0.25) is 0 Å². The zero-order valence-corrected chi connectivity index (χ0v) is 9.01. The summed E-state index contributed by atoms with van der Waals surface area (Å²) in [6.07, 6.45) is 0. The van der Waals surface area contributed by atoms with E-state index in [-0.39, 0.29) is 5.57 Å². The Balaban J connectivity index is 2.90. The Kier molecular flexibility index (Phi) is 2.59. The average molecular weight is 231 g/mol. The van der Waals surface area contributed by atoms with Gasteiger partial charge in [0.15, 0.2) is 0 Å². The van der Waals surface area contributed by atoms with Crippen molar-refractivity contribution in [3.8, 4) is 0 Å². The summed E-state index contributed by atoms with van der Waals surface area (Å²) in [5.74, 6) is -3.78. The third-order valence-corrected chi connectivity index (χ3v) is 2.60. The summed E-state index contributed by atoms with van der Waals surface area (Å²) in [7, 11) is 0. The van der Waals surface area contributed by atoms with Crippen molar-refractivity contribution in [1.82, 2.24) is 0 Å². The van der Waals surface area contributed by atoms with E-state index < -0.39 is 23.6 Å². The van der Waals surface area contributed by atoms with Crippen molar-refractivity contribution in [2.75, 3.05) is 0 Å². The summed E-state index contributed by atoms with van der Waals surface area (Å²) in [4.78, 5) is 37.9. The molecule has 0 aliphatic carbocycles. The third-order valence-electron chi connectivity index (χ3n) is 2.60. The SMILES string of the molecule is CC(=O)C1C(=O)N=c2ccccc2=C1C(=O)O. The largest absolute Gasteiger partial charge is 0.478 e. The van der Waals surface area contributed by atoms with Gasteiger partial charge in [0.05, 0.1) is 10.9 Å². The molecule has 0 saturated carbocycles. The Labute approximate surface area is 96.1 Å². The lowest BCUT2D eigenvalue weighted by Crippen LogP contribution is -2.42. The summed E-state index contributed by atoms with van der Waals surface area (Å²) in [6.45, 7) is 1.19. The van der Waals surface area contributed by atoms with E-state index in [4.69, 9.17) is 5.11 Å². The van der Waals surface area contributed by atoms with Crippen molar-refractivity contribution in [2.45, 2.75) is 6.92 Å². The average Bonchev–Trinajstić information content (AvgIpc) is 2.26. The molecule has 1 atom stereocenters. The van der Waals surface area contributed by atoms with E-state index in [1.807, 2.05) is 0 Å². The topological polar surface area (TPSA) is 83.8 Å². The molecule has 0 aromatic heterocycles. The number of carboxylic acid groups (broad SMARTS) is 1. The van der Waals surface area contributed by atoms with Crippen LogP contribution in [0.1, 0.15) is 6.92 Å². The van der Waals surface area contributed by atoms with Gasteiger partial charge in [-0.2, -0.15) is 0 Å². The van der Waals surface area contributed by atoms with Crippen LogP contribution in [-0.4, -0.2) is 22.8 Å². The summed E-state index contributed by atoms with van der Waals surface area (Å²) < 4.78 is 0. The van der Waals surface area contributed by atoms with Crippen molar-refractivity contribution in [2.24, 2.45) is 10.9 Å². The Morgan fingerprint density at radius 3 is 2.53 bits per heavy atom. The molecule has 1 unspecified atom stereocenters. The number of fused-ring (bicyclic) bond motifs is 1. The number of nitrogens with zero attached hydrogens (tertiary/aromatic N) is 1. The molecule has 2 rings (SSSR count). The van der Waals surface area contributed by atoms with Crippen LogP contribution >= 0.6 is 0 Å². The highest BCUT2D eigenvalue weighted by Crippen LogP contribution is 2.16. The van der Waals surface area contributed by atoms with Gasteiger partial charge in [-0.05, 0) is 13.0 Å². The van der Waals surface area contributed by atoms with Crippen molar-refractivity contribution >= 4 is 23.2 Å². The molecule has 0 saturated heterocycles. The Hall–Kier alpha value is -2.30. The molecule has 1 aromatic rings. The van der Waals surface area contributed by atoms with E-state index in [9.17, 15) is 14.4 Å². The van der Waals surface area contributed by atoms with Crippen LogP contribution in [0.25, 0.3) is 5.57 Å². The molecule has 0 bridgehead atoms. The van der Waals surface area contributed by atoms with Crippen LogP contribution in [-0.2, 0) is 14.4 Å². The first-order chi connectivity index (χ1) is 8.02. The van der Waals surface area contributed by atoms with Gasteiger partial charge in [-0.25, -0.2) is 9.79 Å². The lowest BCUT2D eigenvalue weighted by molar-refractivity contribution is -0.135. The van der Waals surface area contributed by atoms with Gasteiger partial charge in [0, 0.05) is 5.22 Å². The highest BCUT2D eigenvalue weighted by atomic mass is 16.4. The summed E-state index contributed by atoms with van der Waals surface area (Å²) >= 11 is 0. The smallest absolute Gasteiger partial charge is 0.333 e. The first-order valence-electron chi connectivity index (χ1n) is 4.98. The number of ketones is 1. The van der Waals surface area contributed by atoms with Gasteiger partial charge in [-0.15, -0.1) is 0 Å². The molecule has 17 heavy (non-hydrogen) atoms. The number of carbonyl (C=O) groups is 3. The number of aliphatic carboxylic acids is 1. The highest BCUT2D eigenvalue weighted by molar-refractivity contribution is 6.24. The van der Waals surface area contributed by atoms with Crippen LogP contribution in [0.5, 0.6) is 0 Å². The van der Waals surface area contributed by atoms with Gasteiger partial charge in [0.1, 0.15) is 11.7 Å². The minimum absolute atomic E-state index is 0.187. The van der Waals surface area contributed by atoms with E-state index in [2.05, 4.69) is 4.99 Å². The van der Waals surface area contributed by atoms with Gasteiger partial charge in [-0.1, -0.05) is 18.2 Å². The molecule has 1 N–H and O–H groups in total. The first-order valence-corrected chi connectivity index (χ1v) is 4.98. The van der Waals surface area contributed by atoms with Crippen molar-refractivity contribution in [1.29, 1.82) is 0 Å². The maximum atomic E-state index is 11.6. The Morgan fingerprint density at radius 1 is 1.29 bits per heavy atom. The Bertz CT molecular complexity index is 645. The van der Waals surface area contributed by atoms with E-state index in [0.29, 0.717) is 10.6 Å². The van der Waals surface area contributed by atoms with Crippen LogP contribution in [0.15, 0.2) is 29.3 Å². The predicted molar refractivity (Wildman–Crippen MR) is 57.4 cm³/mol. The van der Waals surface area contributed by atoms with Gasteiger partial charge >= 0.3 is 5.97 Å². The molecule has 1 aromatic carbocycles. The van der Waals surface area contributed by atoms with Crippen molar-refractivity contribution in [3.63, 3.8) is 0 Å². The number of para-hydroxylation sites is 1. The normalized spacial score (nSPS) is 18.3. The van der Waals surface area contributed by atoms with Crippen LogP contribution in [0, 0.1) is 5.92 Å². The van der Waals surface area contributed by atoms with Gasteiger partial charge in [0.2, 0.25) is 0 Å². The van der Waals surface area contributed by atoms with Gasteiger partial charge in [0.25, 0.3) is 5.91 Å². The van der Waals surface area contributed by atoms with Crippen LogP contribution < -0.4 is 10.6 Å². The molecule has 1 heterocycles. The summed E-state index contributed by atoms with van der Waals surface area (Å²) in [5, 5.41) is 9.77. The molecule has 0 fully saturated rings. The quantitative estimate of drug-likeness (QED) is 0.681. The number of carbonyl (C=O) groups excluding carboxylic acids is 2. The minimum atomic E-state index is -1.29. The number of hydrogen-bond acceptors (Lipinski definition) is 3. The molecular weight excluding hydrogens is 222 g/mol. The second kappa shape index (κ2) is 3.93. The molecule has 1 aliphatic heterocycles. The number of amides is 1. The maximum Gasteiger partial charge on any atom is 0.333 e. The molecule has 5 heteroatoms. The number of carboxylic acids is 1. The monoisotopic (exact) mass is 231 g/mol. The maximum absolute atomic E-state index is 11.6. The third kappa shape index (κ3) is 1.75. The predicted octanol–water partition coefficient (Wildman–Crippen LogP) is -0.713. The zero-order valence-electron chi connectivity index (χ0n) is 9.01. The highest BCUT2D eigenvalue weighted by Gasteiger charge is 2.34. The summed E-state index contributed by atoms with van der Waals surface area (Å²) in [6, 6.07) is 6.39. The number of hydrogen-bond donors (Lipinski definition) is 1. The van der Waals surface area contributed by atoms with Gasteiger partial charge in [-0.3, -0.25) is 9.59 Å². The zero-order chi connectivity index (χ0) is 12.6.